The van der Waals surface area contributed by atoms with Crippen LogP contribution in [0.3, 0.4) is 0 Å². The zero-order valence-electron chi connectivity index (χ0n) is 7.77. The Morgan fingerprint density at radius 1 is 1.53 bits per heavy atom. The molecule has 0 saturated heterocycles. The Kier molecular flexibility index (Phi) is 2.62. The van der Waals surface area contributed by atoms with Crippen LogP contribution in [0.15, 0.2) is 23.1 Å². The molecule has 1 unspecified atom stereocenters. The summed E-state index contributed by atoms with van der Waals surface area (Å²) in [7, 11) is -3.30. The van der Waals surface area contributed by atoms with Crippen LogP contribution in [0.5, 0.6) is 0 Å². The number of nitrogens with one attached hydrogen (secondary N) is 1. The van der Waals surface area contributed by atoms with Gasteiger partial charge in [-0.05, 0) is 18.2 Å². The number of hydrogen-bond acceptors (Lipinski definition) is 4. The molecule has 0 bridgehead atoms. The van der Waals surface area contributed by atoms with E-state index in [2.05, 4.69) is 5.32 Å². The predicted octanol–water partition coefficient (Wildman–Crippen LogP) is 0.900. The van der Waals surface area contributed by atoms with E-state index in [1.807, 2.05) is 0 Å². The van der Waals surface area contributed by atoms with Crippen LogP contribution in [0, 0.1) is 0 Å². The Labute approximate surface area is 92.8 Å². The monoisotopic (exact) mass is 247 g/mol. The van der Waals surface area contributed by atoms with Crippen LogP contribution in [0.1, 0.15) is 0 Å². The van der Waals surface area contributed by atoms with Gasteiger partial charge in [0, 0.05) is 5.02 Å². The van der Waals surface area contributed by atoms with Gasteiger partial charge in [0.25, 0.3) is 0 Å². The van der Waals surface area contributed by atoms with Gasteiger partial charge in [-0.15, -0.1) is 0 Å². The van der Waals surface area contributed by atoms with Crippen LogP contribution in [0.2, 0.25) is 5.02 Å². The van der Waals surface area contributed by atoms with Crippen LogP contribution < -0.4 is 5.32 Å². The minimum Gasteiger partial charge on any atom is -0.394 e. The molecule has 1 aliphatic rings. The number of fused-ring (bicyclic) bond motifs is 1. The lowest BCUT2D eigenvalue weighted by Crippen LogP contribution is -2.36. The number of aliphatic hydroxyl groups excluding tert-OH is 1. The third kappa shape index (κ3) is 1.95. The topological polar surface area (TPSA) is 66.4 Å². The van der Waals surface area contributed by atoms with E-state index in [1.165, 1.54) is 6.07 Å². The predicted molar refractivity (Wildman–Crippen MR) is 58.0 cm³/mol. The molecule has 1 aliphatic heterocycles. The summed E-state index contributed by atoms with van der Waals surface area (Å²) in [5.74, 6) is -0.0852. The highest BCUT2D eigenvalue weighted by atomic mass is 35.5. The molecule has 1 atom stereocenters. The van der Waals surface area contributed by atoms with Gasteiger partial charge >= 0.3 is 0 Å². The first-order chi connectivity index (χ1) is 7.03. The SMILES string of the molecule is O=S1(=O)CC(CO)Nc2cc(Cl)ccc21. The molecule has 0 fully saturated rings. The standard InChI is InChI=1S/C9H10ClNO3S/c10-6-1-2-9-8(3-6)11-7(4-12)5-15(9,13)14/h1-3,7,11-12H,4-5H2. The van der Waals surface area contributed by atoms with Crippen LogP contribution in [-0.4, -0.2) is 31.9 Å². The summed E-state index contributed by atoms with van der Waals surface area (Å²) < 4.78 is 23.5. The quantitative estimate of drug-likeness (QED) is 0.774. The number of aliphatic hydroxyl groups is 1. The molecule has 2 rings (SSSR count). The summed E-state index contributed by atoms with van der Waals surface area (Å²) in [5.41, 5.74) is 0.466. The number of anilines is 1. The van der Waals surface area contributed by atoms with Crippen molar-refractivity contribution in [2.24, 2.45) is 0 Å². The zero-order valence-corrected chi connectivity index (χ0v) is 9.35. The second-order valence-electron chi connectivity index (χ2n) is 3.45. The van der Waals surface area contributed by atoms with Crippen LogP contribution in [-0.2, 0) is 9.84 Å². The van der Waals surface area contributed by atoms with Crippen LogP contribution in [0.4, 0.5) is 5.69 Å². The molecule has 0 amide bonds. The second-order valence-corrected chi connectivity index (χ2v) is 5.88. The minimum atomic E-state index is -3.30. The summed E-state index contributed by atoms with van der Waals surface area (Å²) >= 11 is 5.76. The van der Waals surface area contributed by atoms with Gasteiger partial charge in [-0.1, -0.05) is 11.6 Å². The maximum atomic E-state index is 11.8. The van der Waals surface area contributed by atoms with Crippen molar-refractivity contribution in [2.75, 3.05) is 17.7 Å². The van der Waals surface area contributed by atoms with E-state index >= 15 is 0 Å². The number of sulfone groups is 1. The molecule has 82 valence electrons. The normalized spacial score (nSPS) is 22.9. The summed E-state index contributed by atoms with van der Waals surface area (Å²) in [4.78, 5) is 0.247. The van der Waals surface area contributed by atoms with Crippen molar-refractivity contribution in [3.8, 4) is 0 Å². The Morgan fingerprint density at radius 3 is 2.93 bits per heavy atom. The molecule has 2 N–H and O–H groups in total. The van der Waals surface area contributed by atoms with Gasteiger partial charge in [-0.2, -0.15) is 0 Å². The highest BCUT2D eigenvalue weighted by molar-refractivity contribution is 7.91. The Balaban J connectivity index is 2.55. The van der Waals surface area contributed by atoms with Crippen molar-refractivity contribution in [2.45, 2.75) is 10.9 Å². The van der Waals surface area contributed by atoms with E-state index < -0.39 is 15.9 Å². The van der Waals surface area contributed by atoms with Gasteiger partial charge in [-0.3, -0.25) is 0 Å². The molecule has 0 radical (unpaired) electrons. The molecule has 0 aromatic heterocycles. The van der Waals surface area contributed by atoms with E-state index in [9.17, 15) is 8.42 Å². The first-order valence-corrected chi connectivity index (χ1v) is 6.45. The van der Waals surface area contributed by atoms with Gasteiger partial charge in [0.1, 0.15) is 0 Å². The van der Waals surface area contributed by atoms with Gasteiger partial charge in [0.05, 0.1) is 29.0 Å². The van der Waals surface area contributed by atoms with Crippen molar-refractivity contribution >= 4 is 27.1 Å². The van der Waals surface area contributed by atoms with Crippen molar-refractivity contribution in [3.63, 3.8) is 0 Å². The van der Waals surface area contributed by atoms with Crippen molar-refractivity contribution in [1.82, 2.24) is 0 Å². The Hall–Kier alpha value is -0.780. The highest BCUT2D eigenvalue weighted by Gasteiger charge is 2.29. The molecular weight excluding hydrogens is 238 g/mol. The van der Waals surface area contributed by atoms with Gasteiger partial charge < -0.3 is 10.4 Å². The lowest BCUT2D eigenvalue weighted by molar-refractivity contribution is 0.281. The molecule has 0 saturated carbocycles. The lowest BCUT2D eigenvalue weighted by atomic mass is 10.2. The second kappa shape index (κ2) is 3.66. The number of rotatable bonds is 1. The fourth-order valence-corrected chi connectivity index (χ4v) is 3.40. The number of halogens is 1. The number of hydrogen-bond donors (Lipinski definition) is 2. The van der Waals surface area contributed by atoms with E-state index in [-0.39, 0.29) is 17.3 Å². The molecule has 1 aromatic rings. The van der Waals surface area contributed by atoms with E-state index in [0.29, 0.717) is 10.7 Å². The zero-order chi connectivity index (χ0) is 11.1. The molecule has 0 aliphatic carbocycles. The molecule has 4 nitrogen and oxygen atoms in total. The Bertz CT molecular complexity index is 486. The fraction of sp³-hybridized carbons (Fsp3) is 0.333. The first kappa shape index (κ1) is 10.7. The van der Waals surface area contributed by atoms with Crippen LogP contribution in [0.25, 0.3) is 0 Å². The van der Waals surface area contributed by atoms with Crippen molar-refractivity contribution in [3.05, 3.63) is 23.2 Å². The average Bonchev–Trinajstić information content (AvgIpc) is 2.15. The summed E-state index contributed by atoms with van der Waals surface area (Å²) in [5, 5.41) is 12.4. The van der Waals surface area contributed by atoms with Crippen molar-refractivity contribution in [1.29, 1.82) is 0 Å². The molecule has 6 heteroatoms. The maximum Gasteiger partial charge on any atom is 0.182 e. The smallest absolute Gasteiger partial charge is 0.182 e. The van der Waals surface area contributed by atoms with Gasteiger partial charge in [0.2, 0.25) is 0 Å². The van der Waals surface area contributed by atoms with Crippen LogP contribution >= 0.6 is 11.6 Å². The molecule has 1 aromatic carbocycles. The third-order valence-electron chi connectivity index (χ3n) is 2.28. The fourth-order valence-electron chi connectivity index (χ4n) is 1.60. The summed E-state index contributed by atoms with van der Waals surface area (Å²) in [6.07, 6.45) is 0. The maximum absolute atomic E-state index is 11.8. The first-order valence-electron chi connectivity index (χ1n) is 4.42. The lowest BCUT2D eigenvalue weighted by Gasteiger charge is -2.25. The molecule has 0 spiro atoms. The highest BCUT2D eigenvalue weighted by Crippen LogP contribution is 2.30. The summed E-state index contributed by atoms with van der Waals surface area (Å²) in [6, 6.07) is 4.11. The van der Waals surface area contributed by atoms with E-state index in [1.54, 1.807) is 12.1 Å². The van der Waals surface area contributed by atoms with Gasteiger partial charge in [0.15, 0.2) is 9.84 Å². The third-order valence-corrected chi connectivity index (χ3v) is 4.38. The molecule has 15 heavy (non-hydrogen) atoms. The minimum absolute atomic E-state index is 0.0852. The van der Waals surface area contributed by atoms with Crippen molar-refractivity contribution < 1.29 is 13.5 Å². The van der Waals surface area contributed by atoms with E-state index in [4.69, 9.17) is 16.7 Å². The summed E-state index contributed by atoms with van der Waals surface area (Å²) in [6.45, 7) is -0.217. The Morgan fingerprint density at radius 2 is 2.27 bits per heavy atom. The van der Waals surface area contributed by atoms with Gasteiger partial charge in [-0.25, -0.2) is 8.42 Å². The molecule has 1 heterocycles. The van der Waals surface area contributed by atoms with E-state index in [0.717, 1.165) is 0 Å². The largest absolute Gasteiger partial charge is 0.394 e. The molecular formula is C9H10ClNO3S. The average molecular weight is 248 g/mol. The number of benzene rings is 1.